The maximum absolute atomic E-state index is 13.9. The minimum absolute atomic E-state index is 0.211. The lowest BCUT2D eigenvalue weighted by Crippen LogP contribution is -2.33. The van der Waals surface area contributed by atoms with Crippen LogP contribution < -0.4 is 15.1 Å². The lowest BCUT2D eigenvalue weighted by Gasteiger charge is -2.30. The van der Waals surface area contributed by atoms with Gasteiger partial charge >= 0.3 is 4.87 Å². The molecule has 1 saturated heterocycles. The molecule has 3 amide bonds. The van der Waals surface area contributed by atoms with Crippen LogP contribution in [-0.4, -0.2) is 27.5 Å². The molecule has 1 fully saturated rings. The normalized spacial score (nSPS) is 19.9. The molecule has 1 N–H and O–H groups in total. The fourth-order valence-corrected chi connectivity index (χ4v) is 8.54. The van der Waals surface area contributed by atoms with E-state index in [9.17, 15) is 19.2 Å². The maximum atomic E-state index is 13.9. The minimum Gasteiger partial charge on any atom is -0.325 e. The Morgan fingerprint density at radius 1 is 1.00 bits per heavy atom. The van der Waals surface area contributed by atoms with Crippen molar-refractivity contribution in [3.63, 3.8) is 0 Å². The van der Waals surface area contributed by atoms with Gasteiger partial charge in [-0.15, -0.1) is 0 Å². The van der Waals surface area contributed by atoms with Gasteiger partial charge in [0, 0.05) is 26.0 Å². The number of anilines is 2. The standard InChI is InChI=1S/C29H21BrClN3O4S2/c1-15-4-2-7-19(12-15)32-21(35)14-33-28-25(40-29(33)38)22(16-5-3-6-17(30)13-16)23-24(39-28)27(37)34(26(23)36)20-10-8-18(31)9-11-20/h2-13,22-24H,14H2,1H3,(H,32,35)/t22-,23-,24+/m0/s1. The van der Waals surface area contributed by atoms with Gasteiger partial charge in [-0.05, 0) is 66.6 Å². The average Bonchev–Trinajstić information content (AvgIpc) is 3.35. The van der Waals surface area contributed by atoms with Crippen LogP contribution in [0.4, 0.5) is 11.4 Å². The van der Waals surface area contributed by atoms with E-state index in [0.29, 0.717) is 26.3 Å². The van der Waals surface area contributed by atoms with Crippen LogP contribution in [0.3, 0.4) is 0 Å². The smallest absolute Gasteiger partial charge is 0.308 e. The number of fused-ring (bicyclic) bond motifs is 2. The highest BCUT2D eigenvalue weighted by Gasteiger charge is 2.56. The molecule has 2 aliphatic heterocycles. The van der Waals surface area contributed by atoms with Crippen molar-refractivity contribution in [1.82, 2.24) is 4.57 Å². The fourth-order valence-electron chi connectivity index (χ4n) is 5.23. The van der Waals surface area contributed by atoms with E-state index in [-0.39, 0.29) is 29.1 Å². The number of aromatic nitrogens is 1. The first-order valence-corrected chi connectivity index (χ1v) is 15.2. The Labute approximate surface area is 251 Å². The first-order chi connectivity index (χ1) is 19.2. The Balaban J connectivity index is 1.41. The summed E-state index contributed by atoms with van der Waals surface area (Å²) in [5.41, 5.74) is 2.89. The number of benzene rings is 3. The van der Waals surface area contributed by atoms with Gasteiger partial charge in [-0.3, -0.25) is 23.7 Å². The Bertz CT molecular complexity index is 1740. The number of carbonyl (C=O) groups is 3. The summed E-state index contributed by atoms with van der Waals surface area (Å²) in [4.78, 5) is 55.6. The van der Waals surface area contributed by atoms with E-state index in [1.165, 1.54) is 21.2 Å². The van der Waals surface area contributed by atoms with Crippen molar-refractivity contribution in [3.8, 4) is 0 Å². The van der Waals surface area contributed by atoms with Gasteiger partial charge in [-0.1, -0.05) is 74.9 Å². The molecule has 11 heteroatoms. The number of carbonyl (C=O) groups excluding carboxylic acids is 3. The van der Waals surface area contributed by atoms with Gasteiger partial charge in [0.05, 0.1) is 16.6 Å². The van der Waals surface area contributed by atoms with E-state index in [4.69, 9.17) is 11.6 Å². The van der Waals surface area contributed by atoms with Gasteiger partial charge in [0.25, 0.3) is 0 Å². The van der Waals surface area contributed by atoms with E-state index in [2.05, 4.69) is 21.2 Å². The summed E-state index contributed by atoms with van der Waals surface area (Å²) in [6, 6.07) is 21.5. The van der Waals surface area contributed by atoms with Gasteiger partial charge in [0.1, 0.15) is 11.8 Å². The largest absolute Gasteiger partial charge is 0.325 e. The summed E-state index contributed by atoms with van der Waals surface area (Å²) < 4.78 is 2.23. The molecular formula is C29H21BrClN3O4S2. The van der Waals surface area contributed by atoms with E-state index in [1.807, 2.05) is 49.4 Å². The quantitative estimate of drug-likeness (QED) is 0.264. The summed E-state index contributed by atoms with van der Waals surface area (Å²) in [6.45, 7) is 1.72. The van der Waals surface area contributed by atoms with Gasteiger partial charge in [-0.2, -0.15) is 0 Å². The molecule has 3 aromatic carbocycles. The fraction of sp³-hybridized carbons (Fsp3) is 0.172. The monoisotopic (exact) mass is 653 g/mol. The molecule has 1 aromatic heterocycles. The number of nitrogens with zero attached hydrogens (tertiary/aromatic N) is 2. The highest BCUT2D eigenvalue weighted by atomic mass is 79.9. The van der Waals surface area contributed by atoms with Crippen molar-refractivity contribution in [2.24, 2.45) is 5.92 Å². The molecule has 3 heterocycles. The van der Waals surface area contributed by atoms with Crippen LogP contribution in [0.1, 0.15) is 21.9 Å². The second-order valence-electron chi connectivity index (χ2n) is 9.63. The summed E-state index contributed by atoms with van der Waals surface area (Å²) >= 11 is 11.8. The lowest BCUT2D eigenvalue weighted by atomic mass is 9.83. The molecule has 202 valence electrons. The minimum atomic E-state index is -0.764. The molecule has 6 rings (SSSR count). The summed E-state index contributed by atoms with van der Waals surface area (Å²) in [6.07, 6.45) is 0. The van der Waals surface area contributed by atoms with Crippen molar-refractivity contribution in [2.45, 2.75) is 29.7 Å². The number of nitrogens with one attached hydrogen (secondary N) is 1. The number of rotatable bonds is 5. The van der Waals surface area contributed by atoms with Gasteiger partial charge in [-0.25, -0.2) is 4.90 Å². The number of imide groups is 1. The number of amides is 3. The maximum Gasteiger partial charge on any atom is 0.308 e. The third kappa shape index (κ3) is 4.83. The topological polar surface area (TPSA) is 88.5 Å². The number of halogens is 2. The summed E-state index contributed by atoms with van der Waals surface area (Å²) in [5, 5.41) is 3.13. The van der Waals surface area contributed by atoms with Crippen molar-refractivity contribution in [1.29, 1.82) is 0 Å². The number of thiazole rings is 1. The Kier molecular flexibility index (Phi) is 7.20. The van der Waals surface area contributed by atoms with E-state index >= 15 is 0 Å². The molecule has 0 saturated carbocycles. The van der Waals surface area contributed by atoms with Crippen molar-refractivity contribution < 1.29 is 14.4 Å². The molecule has 3 atom stereocenters. The zero-order valence-corrected chi connectivity index (χ0v) is 24.9. The van der Waals surface area contributed by atoms with Crippen LogP contribution in [0.15, 0.2) is 87.1 Å². The van der Waals surface area contributed by atoms with Crippen molar-refractivity contribution in [2.75, 3.05) is 10.2 Å². The van der Waals surface area contributed by atoms with Gasteiger partial charge in [0.15, 0.2) is 0 Å². The molecule has 4 aromatic rings. The van der Waals surface area contributed by atoms with Crippen LogP contribution in [0.5, 0.6) is 0 Å². The van der Waals surface area contributed by atoms with Crippen molar-refractivity contribution >= 4 is 79.7 Å². The molecule has 7 nitrogen and oxygen atoms in total. The lowest BCUT2D eigenvalue weighted by molar-refractivity contribution is -0.122. The average molecular weight is 655 g/mol. The van der Waals surface area contributed by atoms with Crippen LogP contribution >= 0.6 is 50.6 Å². The predicted octanol–water partition coefficient (Wildman–Crippen LogP) is 6.07. The van der Waals surface area contributed by atoms with E-state index in [0.717, 1.165) is 26.9 Å². The molecule has 0 spiro atoms. The van der Waals surface area contributed by atoms with Gasteiger partial charge in [0.2, 0.25) is 17.7 Å². The van der Waals surface area contributed by atoms with Crippen LogP contribution in [0.25, 0.3) is 0 Å². The first-order valence-electron chi connectivity index (χ1n) is 12.4. The summed E-state index contributed by atoms with van der Waals surface area (Å²) in [7, 11) is 0. The predicted molar refractivity (Wildman–Crippen MR) is 161 cm³/mol. The SMILES string of the molecule is Cc1cccc(NC(=O)Cn2c3c(sc2=O)[C@@H](c2cccc(Br)c2)[C@@H]2C(=O)N(c4ccc(Cl)cc4)C(=O)[C@@H]2S3)c1. The number of hydrogen-bond acceptors (Lipinski definition) is 6. The molecule has 0 unspecified atom stereocenters. The number of thioether (sulfide) groups is 1. The molecule has 2 aliphatic rings. The second-order valence-corrected chi connectivity index (χ2v) is 13.1. The second kappa shape index (κ2) is 10.7. The molecular weight excluding hydrogens is 634 g/mol. The number of hydrogen-bond donors (Lipinski definition) is 1. The molecule has 0 bridgehead atoms. The third-order valence-electron chi connectivity index (χ3n) is 6.95. The van der Waals surface area contributed by atoms with Crippen LogP contribution in [0.2, 0.25) is 5.02 Å². The first kappa shape index (κ1) is 27.0. The number of aryl methyl sites for hydroxylation is 1. The zero-order valence-electron chi connectivity index (χ0n) is 21.0. The van der Waals surface area contributed by atoms with Crippen LogP contribution in [0, 0.1) is 12.8 Å². The Morgan fingerprint density at radius 3 is 2.48 bits per heavy atom. The molecule has 0 radical (unpaired) electrons. The summed E-state index contributed by atoms with van der Waals surface area (Å²) in [5.74, 6) is -2.30. The highest BCUT2D eigenvalue weighted by molar-refractivity contribution is 9.10. The highest BCUT2D eigenvalue weighted by Crippen LogP contribution is 2.54. The van der Waals surface area contributed by atoms with E-state index < -0.39 is 17.1 Å². The van der Waals surface area contributed by atoms with Crippen LogP contribution in [-0.2, 0) is 20.9 Å². The Morgan fingerprint density at radius 2 is 1.75 bits per heavy atom. The third-order valence-corrected chi connectivity index (χ3v) is 10.3. The Hall–Kier alpha value is -3.18. The van der Waals surface area contributed by atoms with Crippen molar-refractivity contribution in [3.05, 3.63) is 108 Å². The van der Waals surface area contributed by atoms with E-state index in [1.54, 1.807) is 30.3 Å². The zero-order chi connectivity index (χ0) is 28.1. The molecule has 0 aliphatic carbocycles. The molecule has 40 heavy (non-hydrogen) atoms. The van der Waals surface area contributed by atoms with Gasteiger partial charge < -0.3 is 5.32 Å².